The second-order valence-corrected chi connectivity index (χ2v) is 7.39. The Kier molecular flexibility index (Phi) is 7.72. The fraction of sp³-hybridized carbons (Fsp3) is 0.944. The first-order valence-corrected chi connectivity index (χ1v) is 8.76. The van der Waals surface area contributed by atoms with Crippen LogP contribution in [0.25, 0.3) is 0 Å². The van der Waals surface area contributed by atoms with E-state index in [0.29, 0.717) is 29.7 Å². The molecule has 3 atom stereocenters. The predicted octanol–water partition coefficient (Wildman–Crippen LogP) is 3.97. The van der Waals surface area contributed by atoms with Crippen LogP contribution >= 0.6 is 0 Å². The third-order valence-electron chi connectivity index (χ3n) is 4.67. The van der Waals surface area contributed by atoms with Crippen molar-refractivity contribution in [2.45, 2.75) is 66.8 Å². The van der Waals surface area contributed by atoms with Crippen LogP contribution in [0.5, 0.6) is 0 Å². The first-order chi connectivity index (χ1) is 9.88. The van der Waals surface area contributed by atoms with Gasteiger partial charge < -0.3 is 9.64 Å². The standard InChI is InChI=1S/C18H35NO2/c1-7-15(6)19(11-13(2)3)18(20)17(14(4)5)16-9-8-10-21-12-16/h13-17H,7-12H2,1-6H3. The van der Waals surface area contributed by atoms with Gasteiger partial charge in [0.15, 0.2) is 0 Å². The van der Waals surface area contributed by atoms with Gasteiger partial charge in [-0.25, -0.2) is 0 Å². The van der Waals surface area contributed by atoms with Crippen molar-refractivity contribution < 1.29 is 9.53 Å². The molecule has 0 aromatic carbocycles. The average molecular weight is 297 g/mol. The van der Waals surface area contributed by atoms with Gasteiger partial charge in [-0.3, -0.25) is 4.79 Å². The number of carbonyl (C=O) groups is 1. The summed E-state index contributed by atoms with van der Waals surface area (Å²) < 4.78 is 5.64. The van der Waals surface area contributed by atoms with E-state index in [1.165, 1.54) is 0 Å². The molecule has 0 aliphatic carbocycles. The van der Waals surface area contributed by atoms with E-state index < -0.39 is 0 Å². The molecule has 0 saturated carbocycles. The van der Waals surface area contributed by atoms with Gasteiger partial charge in [0.25, 0.3) is 0 Å². The Morgan fingerprint density at radius 2 is 1.90 bits per heavy atom. The van der Waals surface area contributed by atoms with Crippen molar-refractivity contribution in [3.05, 3.63) is 0 Å². The van der Waals surface area contributed by atoms with Crippen molar-refractivity contribution in [2.75, 3.05) is 19.8 Å². The molecule has 0 aromatic heterocycles. The molecule has 1 rings (SSSR count). The zero-order valence-electron chi connectivity index (χ0n) is 14.9. The van der Waals surface area contributed by atoms with Gasteiger partial charge >= 0.3 is 0 Å². The highest BCUT2D eigenvalue weighted by Gasteiger charge is 2.36. The van der Waals surface area contributed by atoms with E-state index in [1.54, 1.807) is 0 Å². The molecule has 3 unspecified atom stereocenters. The predicted molar refractivity (Wildman–Crippen MR) is 88.2 cm³/mol. The van der Waals surface area contributed by atoms with Gasteiger partial charge in [0.1, 0.15) is 0 Å². The van der Waals surface area contributed by atoms with E-state index >= 15 is 0 Å². The quantitative estimate of drug-likeness (QED) is 0.711. The highest BCUT2D eigenvalue weighted by molar-refractivity contribution is 5.79. The van der Waals surface area contributed by atoms with Gasteiger partial charge in [-0.15, -0.1) is 0 Å². The van der Waals surface area contributed by atoms with E-state index in [-0.39, 0.29) is 5.92 Å². The number of hydrogen-bond acceptors (Lipinski definition) is 2. The van der Waals surface area contributed by atoms with E-state index in [2.05, 4.69) is 46.4 Å². The maximum Gasteiger partial charge on any atom is 0.226 e. The van der Waals surface area contributed by atoms with Gasteiger partial charge in [-0.1, -0.05) is 34.6 Å². The topological polar surface area (TPSA) is 29.5 Å². The molecular formula is C18H35NO2. The Bertz CT molecular complexity index is 308. The Labute approximate surface area is 131 Å². The van der Waals surface area contributed by atoms with E-state index in [1.807, 2.05) is 0 Å². The highest BCUT2D eigenvalue weighted by Crippen LogP contribution is 2.31. The lowest BCUT2D eigenvalue weighted by molar-refractivity contribution is -0.144. The van der Waals surface area contributed by atoms with Crippen LogP contribution in [0.15, 0.2) is 0 Å². The van der Waals surface area contributed by atoms with Gasteiger partial charge in [0.05, 0.1) is 6.61 Å². The lowest BCUT2D eigenvalue weighted by Crippen LogP contribution is -2.48. The molecule has 0 spiro atoms. The maximum atomic E-state index is 13.2. The minimum absolute atomic E-state index is 0.109. The van der Waals surface area contributed by atoms with E-state index in [9.17, 15) is 4.79 Å². The number of ether oxygens (including phenoxy) is 1. The summed E-state index contributed by atoms with van der Waals surface area (Å²) in [5.74, 6) is 1.74. The molecular weight excluding hydrogens is 262 g/mol. The molecule has 0 bridgehead atoms. The lowest BCUT2D eigenvalue weighted by atomic mass is 9.79. The molecule has 21 heavy (non-hydrogen) atoms. The smallest absolute Gasteiger partial charge is 0.226 e. The van der Waals surface area contributed by atoms with Crippen LogP contribution in [0.1, 0.15) is 60.8 Å². The average Bonchev–Trinajstić information content (AvgIpc) is 2.44. The molecule has 3 heteroatoms. The van der Waals surface area contributed by atoms with Crippen LogP contribution in [0, 0.1) is 23.7 Å². The molecule has 0 radical (unpaired) electrons. The summed E-state index contributed by atoms with van der Waals surface area (Å²) >= 11 is 0. The summed E-state index contributed by atoms with van der Waals surface area (Å²) in [4.78, 5) is 15.3. The minimum atomic E-state index is 0.109. The van der Waals surface area contributed by atoms with E-state index in [4.69, 9.17) is 4.74 Å². The van der Waals surface area contributed by atoms with Crippen LogP contribution in [-0.2, 0) is 9.53 Å². The normalized spacial score (nSPS) is 22.4. The van der Waals surface area contributed by atoms with Crippen molar-refractivity contribution in [3.8, 4) is 0 Å². The Morgan fingerprint density at radius 1 is 1.24 bits per heavy atom. The molecule has 1 fully saturated rings. The molecule has 1 heterocycles. The third-order valence-corrected chi connectivity index (χ3v) is 4.67. The maximum absolute atomic E-state index is 13.2. The van der Waals surface area contributed by atoms with Crippen LogP contribution in [0.2, 0.25) is 0 Å². The summed E-state index contributed by atoms with van der Waals surface area (Å²) in [5.41, 5.74) is 0. The molecule has 1 amide bonds. The molecule has 0 aromatic rings. The molecule has 0 N–H and O–H groups in total. The molecule has 1 aliphatic rings. The second kappa shape index (κ2) is 8.77. The zero-order chi connectivity index (χ0) is 16.0. The summed E-state index contributed by atoms with van der Waals surface area (Å²) in [6.07, 6.45) is 3.24. The number of rotatable bonds is 7. The van der Waals surface area contributed by atoms with Crippen molar-refractivity contribution >= 4 is 5.91 Å². The molecule has 124 valence electrons. The van der Waals surface area contributed by atoms with Gasteiger partial charge in [0, 0.05) is 25.1 Å². The van der Waals surface area contributed by atoms with Crippen molar-refractivity contribution in [1.82, 2.24) is 4.90 Å². The molecule has 1 aliphatic heterocycles. The summed E-state index contributed by atoms with van der Waals surface area (Å²) in [6.45, 7) is 15.6. The van der Waals surface area contributed by atoms with Gasteiger partial charge in [-0.2, -0.15) is 0 Å². The second-order valence-electron chi connectivity index (χ2n) is 7.39. The number of hydrogen-bond donors (Lipinski definition) is 0. The first kappa shape index (κ1) is 18.5. The van der Waals surface area contributed by atoms with E-state index in [0.717, 1.165) is 39.0 Å². The first-order valence-electron chi connectivity index (χ1n) is 8.76. The monoisotopic (exact) mass is 297 g/mol. The van der Waals surface area contributed by atoms with Crippen LogP contribution in [-0.4, -0.2) is 36.6 Å². The Morgan fingerprint density at radius 3 is 2.33 bits per heavy atom. The third kappa shape index (κ3) is 5.28. The SMILES string of the molecule is CCC(C)N(CC(C)C)C(=O)C(C(C)C)C1CCCOC1. The minimum Gasteiger partial charge on any atom is -0.381 e. The molecule has 1 saturated heterocycles. The number of amides is 1. The van der Waals surface area contributed by atoms with Crippen molar-refractivity contribution in [1.29, 1.82) is 0 Å². The highest BCUT2D eigenvalue weighted by atomic mass is 16.5. The van der Waals surface area contributed by atoms with Crippen LogP contribution in [0.3, 0.4) is 0 Å². The summed E-state index contributed by atoms with van der Waals surface area (Å²) in [5, 5.41) is 0. The van der Waals surface area contributed by atoms with Crippen LogP contribution < -0.4 is 0 Å². The van der Waals surface area contributed by atoms with Gasteiger partial charge in [-0.05, 0) is 43.9 Å². The lowest BCUT2D eigenvalue weighted by Gasteiger charge is -2.38. The summed E-state index contributed by atoms with van der Waals surface area (Å²) in [7, 11) is 0. The Hall–Kier alpha value is -0.570. The zero-order valence-corrected chi connectivity index (χ0v) is 14.9. The van der Waals surface area contributed by atoms with Gasteiger partial charge in [0.2, 0.25) is 5.91 Å². The molecule has 3 nitrogen and oxygen atoms in total. The fourth-order valence-corrected chi connectivity index (χ4v) is 3.37. The number of nitrogens with zero attached hydrogens (tertiary/aromatic N) is 1. The van der Waals surface area contributed by atoms with Crippen LogP contribution in [0.4, 0.5) is 0 Å². The van der Waals surface area contributed by atoms with Crippen molar-refractivity contribution in [2.24, 2.45) is 23.7 Å². The largest absolute Gasteiger partial charge is 0.381 e. The summed E-state index contributed by atoms with van der Waals surface area (Å²) in [6, 6.07) is 0.325. The van der Waals surface area contributed by atoms with Crippen molar-refractivity contribution in [3.63, 3.8) is 0 Å². The fourth-order valence-electron chi connectivity index (χ4n) is 3.37. The Balaban J connectivity index is 2.89. The number of carbonyl (C=O) groups excluding carboxylic acids is 1.